The first-order chi connectivity index (χ1) is 7.18. The Hall–Kier alpha value is -0.280. The highest BCUT2D eigenvalue weighted by Crippen LogP contribution is 2.29. The molecule has 0 aliphatic heterocycles. The molecule has 16 heavy (non-hydrogen) atoms. The Morgan fingerprint density at radius 3 is 2.31 bits per heavy atom. The van der Waals surface area contributed by atoms with Crippen LogP contribution in [0.4, 0.5) is 0 Å². The van der Waals surface area contributed by atoms with Crippen LogP contribution in [0.5, 0.6) is 0 Å². The second-order valence-electron chi connectivity index (χ2n) is 5.16. The van der Waals surface area contributed by atoms with Crippen LogP contribution in [0.3, 0.4) is 0 Å². The summed E-state index contributed by atoms with van der Waals surface area (Å²) >= 11 is 0. The minimum Gasteiger partial charge on any atom is -0.343 e. The number of rotatable bonds is 2. The zero-order chi connectivity index (χ0) is 10.8. The van der Waals surface area contributed by atoms with Gasteiger partial charge in [-0.3, -0.25) is 4.79 Å². The van der Waals surface area contributed by atoms with Gasteiger partial charge in [0.25, 0.3) is 0 Å². The number of hydrogen-bond acceptors (Lipinski definition) is 2. The third kappa shape index (κ3) is 2.89. The van der Waals surface area contributed by atoms with Gasteiger partial charge in [-0.2, -0.15) is 0 Å². The largest absolute Gasteiger partial charge is 0.343 e. The molecule has 2 rings (SSSR count). The van der Waals surface area contributed by atoms with Crippen LogP contribution in [0.2, 0.25) is 0 Å². The molecule has 1 amide bonds. The van der Waals surface area contributed by atoms with Crippen LogP contribution in [0.1, 0.15) is 44.9 Å². The highest BCUT2D eigenvalue weighted by molar-refractivity contribution is 5.85. The number of carbonyl (C=O) groups excluding carboxylic acids is 1. The number of nitrogens with zero attached hydrogens (tertiary/aromatic N) is 1. The summed E-state index contributed by atoms with van der Waals surface area (Å²) in [5.74, 6) is 0.556. The molecule has 2 aliphatic carbocycles. The van der Waals surface area contributed by atoms with Crippen molar-refractivity contribution in [3.63, 3.8) is 0 Å². The maximum Gasteiger partial charge on any atom is 0.225 e. The maximum atomic E-state index is 12.1. The molecule has 0 saturated heterocycles. The molecular formula is C12H23ClN2O. The molecule has 94 valence electrons. The molecular weight excluding hydrogens is 224 g/mol. The van der Waals surface area contributed by atoms with Crippen molar-refractivity contribution in [3.8, 4) is 0 Å². The van der Waals surface area contributed by atoms with E-state index in [-0.39, 0.29) is 24.4 Å². The first kappa shape index (κ1) is 13.8. The molecule has 0 aromatic carbocycles. The Labute approximate surface area is 104 Å². The van der Waals surface area contributed by atoms with E-state index in [1.807, 2.05) is 11.9 Å². The molecule has 2 N–H and O–H groups in total. The standard InChI is InChI=1S/C12H22N2O.ClH/c1-14(11-4-2-3-5-11)12(15)9-6-7-10(13)8-9;/h9-11H,2-8,13H2,1H3;1H. The summed E-state index contributed by atoms with van der Waals surface area (Å²) in [7, 11) is 1.97. The fourth-order valence-corrected chi connectivity index (χ4v) is 3.00. The Kier molecular flexibility index (Phi) is 5.06. The smallest absolute Gasteiger partial charge is 0.225 e. The van der Waals surface area contributed by atoms with Crippen LogP contribution in [0.25, 0.3) is 0 Å². The third-order valence-electron chi connectivity index (χ3n) is 4.04. The maximum absolute atomic E-state index is 12.1. The highest BCUT2D eigenvalue weighted by atomic mass is 35.5. The van der Waals surface area contributed by atoms with E-state index in [2.05, 4.69) is 0 Å². The van der Waals surface area contributed by atoms with Gasteiger partial charge in [-0.1, -0.05) is 12.8 Å². The quantitative estimate of drug-likeness (QED) is 0.810. The lowest BCUT2D eigenvalue weighted by Crippen LogP contribution is -2.39. The molecule has 3 nitrogen and oxygen atoms in total. The fourth-order valence-electron chi connectivity index (χ4n) is 3.00. The van der Waals surface area contributed by atoms with Crippen molar-refractivity contribution in [2.24, 2.45) is 11.7 Å². The predicted molar refractivity (Wildman–Crippen MR) is 67.6 cm³/mol. The van der Waals surface area contributed by atoms with Gasteiger partial charge in [0.05, 0.1) is 0 Å². The van der Waals surface area contributed by atoms with Gasteiger partial charge < -0.3 is 10.6 Å². The molecule has 2 unspecified atom stereocenters. The van der Waals surface area contributed by atoms with Gasteiger partial charge in [-0.25, -0.2) is 0 Å². The first-order valence-electron chi connectivity index (χ1n) is 6.20. The van der Waals surface area contributed by atoms with Crippen LogP contribution in [-0.2, 0) is 4.79 Å². The molecule has 0 radical (unpaired) electrons. The van der Waals surface area contributed by atoms with Gasteiger partial charge in [0, 0.05) is 25.0 Å². The van der Waals surface area contributed by atoms with Crippen molar-refractivity contribution in [1.29, 1.82) is 0 Å². The monoisotopic (exact) mass is 246 g/mol. The zero-order valence-corrected chi connectivity index (χ0v) is 10.8. The molecule has 2 saturated carbocycles. The van der Waals surface area contributed by atoms with Crippen LogP contribution < -0.4 is 5.73 Å². The van der Waals surface area contributed by atoms with Crippen molar-refractivity contribution in [3.05, 3.63) is 0 Å². The molecule has 4 heteroatoms. The second kappa shape index (κ2) is 5.87. The van der Waals surface area contributed by atoms with Crippen LogP contribution in [0.15, 0.2) is 0 Å². The number of amides is 1. The number of hydrogen-bond donors (Lipinski definition) is 1. The molecule has 2 atom stereocenters. The van der Waals surface area contributed by atoms with Crippen molar-refractivity contribution in [1.82, 2.24) is 4.90 Å². The minimum atomic E-state index is 0. The van der Waals surface area contributed by atoms with E-state index < -0.39 is 0 Å². The third-order valence-corrected chi connectivity index (χ3v) is 4.04. The van der Waals surface area contributed by atoms with Gasteiger partial charge in [-0.15, -0.1) is 12.4 Å². The molecule has 2 aliphatic rings. The summed E-state index contributed by atoms with van der Waals surface area (Å²) < 4.78 is 0. The van der Waals surface area contributed by atoms with E-state index in [4.69, 9.17) is 5.73 Å². The Morgan fingerprint density at radius 2 is 1.81 bits per heavy atom. The van der Waals surface area contributed by atoms with E-state index in [9.17, 15) is 4.79 Å². The molecule has 0 heterocycles. The summed E-state index contributed by atoms with van der Waals surface area (Å²) in [4.78, 5) is 14.1. The summed E-state index contributed by atoms with van der Waals surface area (Å²) in [6, 6.07) is 0.769. The summed E-state index contributed by atoms with van der Waals surface area (Å²) in [5, 5.41) is 0. The highest BCUT2D eigenvalue weighted by Gasteiger charge is 2.32. The van der Waals surface area contributed by atoms with Gasteiger partial charge in [-0.05, 0) is 32.1 Å². The Bertz CT molecular complexity index is 241. The SMILES string of the molecule is CN(C(=O)C1CCC(N)C1)C1CCCC1.Cl. The van der Waals surface area contributed by atoms with Gasteiger partial charge >= 0.3 is 0 Å². The Balaban J connectivity index is 0.00000128. The fraction of sp³-hybridized carbons (Fsp3) is 0.917. The molecule has 2 fully saturated rings. The predicted octanol–water partition coefficient (Wildman–Crippen LogP) is 1.94. The zero-order valence-electron chi connectivity index (χ0n) is 10.0. The topological polar surface area (TPSA) is 46.3 Å². The average molecular weight is 247 g/mol. The van der Waals surface area contributed by atoms with E-state index in [1.165, 1.54) is 25.7 Å². The van der Waals surface area contributed by atoms with Gasteiger partial charge in [0.15, 0.2) is 0 Å². The summed E-state index contributed by atoms with van der Waals surface area (Å²) in [5.41, 5.74) is 5.85. The lowest BCUT2D eigenvalue weighted by molar-refractivity contribution is -0.136. The lowest BCUT2D eigenvalue weighted by Gasteiger charge is -2.27. The number of carbonyl (C=O) groups is 1. The van der Waals surface area contributed by atoms with Crippen LogP contribution in [0, 0.1) is 5.92 Å². The summed E-state index contributed by atoms with van der Waals surface area (Å²) in [6.45, 7) is 0. The molecule has 0 aromatic heterocycles. The normalized spacial score (nSPS) is 30.1. The van der Waals surface area contributed by atoms with Crippen molar-refractivity contribution >= 4 is 18.3 Å². The van der Waals surface area contributed by atoms with Crippen LogP contribution >= 0.6 is 12.4 Å². The summed E-state index contributed by atoms with van der Waals surface area (Å²) in [6.07, 6.45) is 7.88. The molecule has 0 aromatic rings. The van der Waals surface area contributed by atoms with Crippen molar-refractivity contribution in [2.45, 2.75) is 57.0 Å². The number of nitrogens with two attached hydrogens (primary N) is 1. The van der Waals surface area contributed by atoms with Crippen molar-refractivity contribution < 1.29 is 4.79 Å². The second-order valence-corrected chi connectivity index (χ2v) is 5.16. The molecule has 0 bridgehead atoms. The van der Waals surface area contributed by atoms with E-state index in [0.717, 1.165) is 19.3 Å². The lowest BCUT2D eigenvalue weighted by atomic mass is 10.0. The minimum absolute atomic E-state index is 0. The van der Waals surface area contributed by atoms with Crippen molar-refractivity contribution in [2.75, 3.05) is 7.05 Å². The Morgan fingerprint density at radius 1 is 1.19 bits per heavy atom. The average Bonchev–Trinajstić information content (AvgIpc) is 2.85. The first-order valence-corrected chi connectivity index (χ1v) is 6.20. The number of halogens is 1. The van der Waals surface area contributed by atoms with E-state index in [0.29, 0.717) is 11.9 Å². The van der Waals surface area contributed by atoms with Gasteiger partial charge in [0.2, 0.25) is 5.91 Å². The van der Waals surface area contributed by atoms with Gasteiger partial charge in [0.1, 0.15) is 0 Å². The van der Waals surface area contributed by atoms with E-state index >= 15 is 0 Å². The van der Waals surface area contributed by atoms with Crippen LogP contribution in [-0.4, -0.2) is 29.9 Å². The van der Waals surface area contributed by atoms with E-state index in [1.54, 1.807) is 0 Å². The molecule has 0 spiro atoms.